The van der Waals surface area contributed by atoms with Crippen LogP contribution in [0.2, 0.25) is 0 Å². The summed E-state index contributed by atoms with van der Waals surface area (Å²) in [4.78, 5) is 5.90. The van der Waals surface area contributed by atoms with Gasteiger partial charge in [-0.1, -0.05) is 6.07 Å². The average Bonchev–Trinajstić information content (AvgIpc) is 2.68. The van der Waals surface area contributed by atoms with E-state index >= 15 is 0 Å². The molecule has 2 N–H and O–H groups in total. The molecule has 1 heterocycles. The van der Waals surface area contributed by atoms with Gasteiger partial charge < -0.3 is 19.9 Å². The second-order valence-electron chi connectivity index (χ2n) is 7.80. The van der Waals surface area contributed by atoms with Crippen molar-refractivity contribution >= 4 is 10.1 Å². The predicted octanol–water partition coefficient (Wildman–Crippen LogP) is -1.16. The van der Waals surface area contributed by atoms with E-state index < -0.39 is 27.2 Å². The Hall–Kier alpha value is -0.751. The van der Waals surface area contributed by atoms with Crippen LogP contribution in [-0.2, 0) is 33.7 Å². The molecule has 1 aromatic carbocycles. The van der Waals surface area contributed by atoms with Crippen LogP contribution in [-0.4, -0.2) is 102 Å². The molecule has 2 rings (SSSR count). The molecule has 1 aliphatic rings. The zero-order valence-corrected chi connectivity index (χ0v) is 19.3. The molecule has 0 spiro atoms. The Morgan fingerprint density at radius 1 is 0.933 bits per heavy atom. The summed E-state index contributed by atoms with van der Waals surface area (Å²) in [6, 6.07) is 3.33. The van der Waals surface area contributed by atoms with Crippen molar-refractivity contribution in [2.45, 2.75) is 37.5 Å². The summed E-state index contributed by atoms with van der Waals surface area (Å²) in [5.41, 5.74) is 0.269. The van der Waals surface area contributed by atoms with E-state index in [9.17, 15) is 28.3 Å². The fourth-order valence-electron chi connectivity index (χ4n) is 3.53. The first-order valence-corrected chi connectivity index (χ1v) is 11.2. The molecular weight excluding hydrogens is 454 g/mol. The molecule has 1 radical (unpaired) electrons. The van der Waals surface area contributed by atoms with Gasteiger partial charge in [-0.05, 0) is 31.5 Å². The quantitative estimate of drug-likeness (QED) is 0.363. The Kier molecular flexibility index (Phi) is 11.2. The first kappa shape index (κ1) is 27.3. The number of hydrogen-bond donors (Lipinski definition) is 2. The molecule has 1 aliphatic heterocycles. The molecule has 1 aromatic rings. The molecule has 0 amide bonds. The van der Waals surface area contributed by atoms with Gasteiger partial charge in [0.25, 0.3) is 0 Å². The molecule has 0 aromatic heterocycles. The standard InChI is InChI=1S/C19H33N3O6S.Fe/c1-15(23)12-20-5-6-21(13-16(2)24)8-10-22(9-7-20)14-17-11-18(29(26,27)28)3-4-19(17)25;/h3-4,11,15-16,23-25H,5-10,12-14H2,1-2H3,(H,26,27,28);/q;+3/p-2/t15-,16-;/m0./s1. The molecule has 1 fully saturated rings. The monoisotopic (exact) mass is 485 g/mol. The van der Waals surface area contributed by atoms with E-state index in [2.05, 4.69) is 9.80 Å². The van der Waals surface area contributed by atoms with Crippen molar-refractivity contribution in [1.82, 2.24) is 14.7 Å². The predicted molar refractivity (Wildman–Crippen MR) is 105 cm³/mol. The van der Waals surface area contributed by atoms with Gasteiger partial charge in [0.15, 0.2) is 0 Å². The summed E-state index contributed by atoms with van der Waals surface area (Å²) in [6.45, 7) is 8.86. The van der Waals surface area contributed by atoms with Gasteiger partial charge in [-0.3, -0.25) is 14.7 Å². The van der Waals surface area contributed by atoms with Gasteiger partial charge in [0.2, 0.25) is 0 Å². The molecule has 0 unspecified atom stereocenters. The number of benzene rings is 1. The third-order valence-corrected chi connectivity index (χ3v) is 5.79. The maximum atomic E-state index is 12.2. The average molecular weight is 485 g/mol. The van der Waals surface area contributed by atoms with Crippen molar-refractivity contribution in [2.24, 2.45) is 0 Å². The van der Waals surface area contributed by atoms with Crippen LogP contribution in [0.3, 0.4) is 0 Å². The zero-order chi connectivity index (χ0) is 21.6. The summed E-state index contributed by atoms with van der Waals surface area (Å²) in [5.74, 6) is -0.307. The number of nitrogens with zero attached hydrogens (tertiary/aromatic N) is 3. The number of hydrogen-bond acceptors (Lipinski definition) is 9. The second kappa shape index (κ2) is 12.3. The van der Waals surface area contributed by atoms with Crippen LogP contribution in [0.15, 0.2) is 23.1 Å². The molecule has 0 saturated carbocycles. The van der Waals surface area contributed by atoms with E-state index in [4.69, 9.17) is 0 Å². The maximum Gasteiger partial charge on any atom is 3.00 e. The third-order valence-electron chi connectivity index (χ3n) is 4.96. The fraction of sp³-hybridized carbons (Fsp3) is 0.684. The smallest absolute Gasteiger partial charge is 0.872 e. The van der Waals surface area contributed by atoms with Crippen molar-refractivity contribution in [2.75, 3.05) is 52.4 Å². The van der Waals surface area contributed by atoms with E-state index in [1.54, 1.807) is 13.8 Å². The molecule has 2 atom stereocenters. The van der Waals surface area contributed by atoms with Gasteiger partial charge >= 0.3 is 17.1 Å². The third kappa shape index (κ3) is 9.17. The molecule has 171 valence electrons. The molecule has 30 heavy (non-hydrogen) atoms. The topological polar surface area (TPSA) is 130 Å². The fourth-order valence-corrected chi connectivity index (χ4v) is 4.05. The van der Waals surface area contributed by atoms with Crippen LogP contribution in [0.25, 0.3) is 0 Å². The van der Waals surface area contributed by atoms with Gasteiger partial charge in [-0.2, -0.15) is 0 Å². The minimum Gasteiger partial charge on any atom is -0.872 e. The second-order valence-corrected chi connectivity index (χ2v) is 9.18. The number of aliphatic hydroxyl groups is 2. The van der Waals surface area contributed by atoms with Crippen LogP contribution in [0.4, 0.5) is 0 Å². The normalized spacial score (nSPS) is 19.9. The Morgan fingerprint density at radius 2 is 1.37 bits per heavy atom. The summed E-state index contributed by atoms with van der Waals surface area (Å²) in [5, 5.41) is 31.7. The first-order chi connectivity index (χ1) is 13.5. The Morgan fingerprint density at radius 3 is 1.77 bits per heavy atom. The zero-order valence-electron chi connectivity index (χ0n) is 17.4. The van der Waals surface area contributed by atoms with Crippen LogP contribution < -0.4 is 5.11 Å². The minimum atomic E-state index is -4.63. The summed E-state index contributed by atoms with van der Waals surface area (Å²) in [6.07, 6.45) is -0.941. The van der Waals surface area contributed by atoms with Crippen molar-refractivity contribution in [3.63, 3.8) is 0 Å². The van der Waals surface area contributed by atoms with Gasteiger partial charge in [0.05, 0.1) is 17.1 Å². The Balaban J connectivity index is 0.00000450. The molecule has 1 saturated heterocycles. The largest absolute Gasteiger partial charge is 3.00 e. The van der Waals surface area contributed by atoms with Gasteiger partial charge in [-0.25, -0.2) is 8.42 Å². The number of rotatable bonds is 7. The van der Waals surface area contributed by atoms with Crippen molar-refractivity contribution in [3.8, 4) is 5.75 Å². The number of β-amino-alcohol motifs (C(OH)–C–C–N with tert-alkyl or cyclic N) is 2. The minimum absolute atomic E-state index is 0. The van der Waals surface area contributed by atoms with Gasteiger partial charge in [0, 0.05) is 58.9 Å². The van der Waals surface area contributed by atoms with Crippen molar-refractivity contribution in [3.05, 3.63) is 23.8 Å². The molecule has 11 heteroatoms. The van der Waals surface area contributed by atoms with Gasteiger partial charge in [0.1, 0.15) is 10.1 Å². The van der Waals surface area contributed by atoms with Crippen molar-refractivity contribution in [1.29, 1.82) is 0 Å². The molecule has 9 nitrogen and oxygen atoms in total. The van der Waals surface area contributed by atoms with E-state index in [1.807, 2.05) is 4.90 Å². The van der Waals surface area contributed by atoms with E-state index in [0.717, 1.165) is 25.2 Å². The summed E-state index contributed by atoms with van der Waals surface area (Å²) < 4.78 is 33.9. The maximum absolute atomic E-state index is 12.2. The summed E-state index contributed by atoms with van der Waals surface area (Å²) in [7, 11) is -4.63. The summed E-state index contributed by atoms with van der Waals surface area (Å²) >= 11 is 0. The van der Waals surface area contributed by atoms with Crippen LogP contribution in [0.5, 0.6) is 5.75 Å². The van der Waals surface area contributed by atoms with E-state index in [-0.39, 0.29) is 34.9 Å². The Bertz CT molecular complexity index is 741. The molecule has 0 bridgehead atoms. The van der Waals surface area contributed by atoms with Crippen LogP contribution >= 0.6 is 0 Å². The van der Waals surface area contributed by atoms with Crippen molar-refractivity contribution < 1.29 is 45.4 Å². The van der Waals surface area contributed by atoms with Crippen LogP contribution in [0.1, 0.15) is 19.4 Å². The first-order valence-electron chi connectivity index (χ1n) is 9.83. The van der Waals surface area contributed by atoms with Crippen LogP contribution in [0, 0.1) is 0 Å². The molecule has 0 aliphatic carbocycles. The SMILES string of the molecule is C[C@H](O)CN1CCN(Cc2cc(S(=O)(=O)[O-])ccc2[O-])CCN(C[C@H](C)O)CC1.[Fe+3]. The van der Waals surface area contributed by atoms with E-state index in [1.165, 1.54) is 6.07 Å². The number of aliphatic hydroxyl groups excluding tert-OH is 2. The Labute approximate surface area is 189 Å². The van der Waals surface area contributed by atoms with Gasteiger partial charge in [-0.15, -0.1) is 5.75 Å². The molecular formula is C19H31FeN3O6S+. The van der Waals surface area contributed by atoms with E-state index in [0.29, 0.717) is 39.3 Å².